The van der Waals surface area contributed by atoms with E-state index in [0.29, 0.717) is 25.4 Å². The second-order valence-electron chi connectivity index (χ2n) is 6.26. The lowest BCUT2D eigenvalue weighted by Gasteiger charge is -2.39. The molecule has 1 amide bonds. The summed E-state index contributed by atoms with van der Waals surface area (Å²) >= 11 is 0. The fourth-order valence-corrected chi connectivity index (χ4v) is 3.51. The fraction of sp³-hybridized carbons (Fsp3) is 0.588. The van der Waals surface area contributed by atoms with Gasteiger partial charge in [-0.05, 0) is 37.0 Å². The van der Waals surface area contributed by atoms with Crippen molar-refractivity contribution in [3.63, 3.8) is 0 Å². The summed E-state index contributed by atoms with van der Waals surface area (Å²) in [5, 5.41) is 3.12. The molecule has 0 aromatic heterocycles. The van der Waals surface area contributed by atoms with Crippen molar-refractivity contribution in [1.82, 2.24) is 5.32 Å². The lowest BCUT2D eigenvalue weighted by atomic mass is 9.89. The van der Waals surface area contributed by atoms with Crippen molar-refractivity contribution in [3.8, 4) is 11.5 Å². The number of carbonyl (C=O) groups excluding carboxylic acids is 1. The zero-order chi connectivity index (χ0) is 15.6. The van der Waals surface area contributed by atoms with Crippen molar-refractivity contribution in [2.45, 2.75) is 43.9 Å². The Morgan fingerprint density at radius 1 is 1.09 bits per heavy atom. The Morgan fingerprint density at radius 3 is 2.83 bits per heavy atom. The monoisotopic (exact) mass is 319 g/mol. The maximum atomic E-state index is 12.3. The van der Waals surface area contributed by atoms with Gasteiger partial charge in [0.2, 0.25) is 12.7 Å². The first-order valence-electron chi connectivity index (χ1n) is 8.19. The Bertz CT molecular complexity index is 590. The third kappa shape index (κ3) is 3.28. The Balaban J connectivity index is 1.31. The maximum Gasteiger partial charge on any atom is 0.231 e. The highest BCUT2D eigenvalue weighted by Crippen LogP contribution is 2.32. The molecule has 0 bridgehead atoms. The van der Waals surface area contributed by atoms with Gasteiger partial charge in [0.1, 0.15) is 0 Å². The van der Waals surface area contributed by atoms with E-state index in [0.717, 1.165) is 30.6 Å². The van der Waals surface area contributed by atoms with Crippen LogP contribution in [0.25, 0.3) is 0 Å². The molecule has 0 unspecified atom stereocenters. The number of nitrogens with one attached hydrogen (secondary N) is 1. The number of hydrogen-bond acceptors (Lipinski definition) is 5. The Kier molecular flexibility index (Phi) is 4.10. The number of hydrogen-bond donors (Lipinski definition) is 1. The average molecular weight is 319 g/mol. The first-order chi connectivity index (χ1) is 11.3. The van der Waals surface area contributed by atoms with E-state index in [1.807, 2.05) is 18.2 Å². The van der Waals surface area contributed by atoms with Gasteiger partial charge in [-0.15, -0.1) is 0 Å². The molecular formula is C17H21NO5. The second-order valence-corrected chi connectivity index (χ2v) is 6.26. The lowest BCUT2D eigenvalue weighted by Crippen LogP contribution is -2.49. The topological polar surface area (TPSA) is 66.0 Å². The highest BCUT2D eigenvalue weighted by molar-refractivity contribution is 5.79. The molecule has 0 spiro atoms. The number of carbonyl (C=O) groups is 1. The van der Waals surface area contributed by atoms with E-state index >= 15 is 0 Å². The largest absolute Gasteiger partial charge is 0.454 e. The van der Waals surface area contributed by atoms with Crippen molar-refractivity contribution >= 4 is 5.91 Å². The summed E-state index contributed by atoms with van der Waals surface area (Å²) in [5.41, 5.74) is 0.928. The minimum atomic E-state index is 0.0315. The van der Waals surface area contributed by atoms with E-state index in [1.165, 1.54) is 0 Å². The van der Waals surface area contributed by atoms with Gasteiger partial charge in [0.05, 0.1) is 31.8 Å². The van der Waals surface area contributed by atoms with Crippen LogP contribution in [0.5, 0.6) is 11.5 Å². The molecule has 4 rings (SSSR count). The molecule has 3 atom stereocenters. The zero-order valence-corrected chi connectivity index (χ0v) is 13.0. The molecule has 6 heteroatoms. The summed E-state index contributed by atoms with van der Waals surface area (Å²) in [4.78, 5) is 12.3. The normalized spacial score (nSPS) is 29.0. The van der Waals surface area contributed by atoms with Crippen LogP contribution < -0.4 is 14.8 Å². The molecule has 6 nitrogen and oxygen atoms in total. The predicted molar refractivity (Wildman–Crippen MR) is 81.5 cm³/mol. The summed E-state index contributed by atoms with van der Waals surface area (Å²) in [7, 11) is 0. The summed E-state index contributed by atoms with van der Waals surface area (Å²) in [5.74, 6) is 1.48. The van der Waals surface area contributed by atoms with Crippen LogP contribution in [0.15, 0.2) is 18.2 Å². The molecule has 3 aliphatic rings. The summed E-state index contributed by atoms with van der Waals surface area (Å²) in [6.07, 6.45) is 3.38. The van der Waals surface area contributed by atoms with Crippen LogP contribution in [0.4, 0.5) is 0 Å². The van der Waals surface area contributed by atoms with Crippen molar-refractivity contribution in [2.75, 3.05) is 20.0 Å². The SMILES string of the molecule is O=C(Cc1ccc2c(c1)OCO2)N[C@@H]1CC[C@H]2OCCO[C@H]2C1. The van der Waals surface area contributed by atoms with Crippen LogP contribution in [0, 0.1) is 0 Å². The first-order valence-corrected chi connectivity index (χ1v) is 8.19. The molecule has 1 aromatic rings. The van der Waals surface area contributed by atoms with Gasteiger partial charge in [0.25, 0.3) is 0 Å². The molecule has 1 N–H and O–H groups in total. The van der Waals surface area contributed by atoms with Gasteiger partial charge in [-0.3, -0.25) is 4.79 Å². The molecule has 23 heavy (non-hydrogen) atoms. The molecule has 2 aliphatic heterocycles. The average Bonchev–Trinajstić information content (AvgIpc) is 3.02. The van der Waals surface area contributed by atoms with Gasteiger partial charge in [0, 0.05) is 6.04 Å². The van der Waals surface area contributed by atoms with Crippen molar-refractivity contribution in [2.24, 2.45) is 0 Å². The molecule has 2 heterocycles. The van der Waals surface area contributed by atoms with E-state index in [-0.39, 0.29) is 30.9 Å². The predicted octanol–water partition coefficient (Wildman–Crippen LogP) is 1.41. The number of amides is 1. The standard InChI is InChI=1S/C17H21NO5/c19-17(8-11-1-3-14-15(7-11)23-10-22-14)18-12-2-4-13-16(9-12)21-6-5-20-13/h1,3,7,12-13,16H,2,4-6,8-10H2,(H,18,19)/t12-,13-,16+/m1/s1. The lowest BCUT2D eigenvalue weighted by molar-refractivity contribution is -0.158. The van der Waals surface area contributed by atoms with Crippen LogP contribution in [-0.2, 0) is 20.7 Å². The van der Waals surface area contributed by atoms with Crippen LogP contribution in [-0.4, -0.2) is 44.2 Å². The van der Waals surface area contributed by atoms with Gasteiger partial charge in [-0.2, -0.15) is 0 Å². The molecule has 0 radical (unpaired) electrons. The zero-order valence-electron chi connectivity index (χ0n) is 13.0. The van der Waals surface area contributed by atoms with Crippen molar-refractivity contribution < 1.29 is 23.7 Å². The van der Waals surface area contributed by atoms with Crippen molar-refractivity contribution in [1.29, 1.82) is 0 Å². The van der Waals surface area contributed by atoms with Gasteiger partial charge in [-0.25, -0.2) is 0 Å². The quantitative estimate of drug-likeness (QED) is 0.912. The van der Waals surface area contributed by atoms with E-state index < -0.39 is 0 Å². The molecule has 1 saturated carbocycles. The number of rotatable bonds is 3. The van der Waals surface area contributed by atoms with Gasteiger partial charge in [-0.1, -0.05) is 6.07 Å². The summed E-state index contributed by atoms with van der Waals surface area (Å²) in [6.45, 7) is 1.58. The molecular weight excluding hydrogens is 298 g/mol. The highest BCUT2D eigenvalue weighted by Gasteiger charge is 2.34. The van der Waals surface area contributed by atoms with Gasteiger partial charge >= 0.3 is 0 Å². The third-order valence-electron chi connectivity index (χ3n) is 4.65. The molecule has 1 aromatic carbocycles. The van der Waals surface area contributed by atoms with Gasteiger partial charge < -0.3 is 24.3 Å². The fourth-order valence-electron chi connectivity index (χ4n) is 3.51. The summed E-state index contributed by atoms with van der Waals surface area (Å²) < 4.78 is 22.1. The van der Waals surface area contributed by atoms with E-state index in [4.69, 9.17) is 18.9 Å². The highest BCUT2D eigenvalue weighted by atomic mass is 16.7. The van der Waals surface area contributed by atoms with Crippen LogP contribution in [0.2, 0.25) is 0 Å². The Hall–Kier alpha value is -1.79. The minimum Gasteiger partial charge on any atom is -0.454 e. The number of fused-ring (bicyclic) bond motifs is 2. The number of ether oxygens (including phenoxy) is 4. The molecule has 124 valence electrons. The van der Waals surface area contributed by atoms with E-state index in [9.17, 15) is 4.79 Å². The van der Waals surface area contributed by atoms with Crippen LogP contribution >= 0.6 is 0 Å². The number of benzene rings is 1. The minimum absolute atomic E-state index is 0.0315. The second kappa shape index (κ2) is 6.37. The van der Waals surface area contributed by atoms with E-state index in [2.05, 4.69) is 5.32 Å². The molecule has 2 fully saturated rings. The third-order valence-corrected chi connectivity index (χ3v) is 4.65. The Morgan fingerprint density at radius 2 is 1.91 bits per heavy atom. The van der Waals surface area contributed by atoms with Gasteiger partial charge in [0.15, 0.2) is 11.5 Å². The van der Waals surface area contributed by atoms with Crippen molar-refractivity contribution in [3.05, 3.63) is 23.8 Å². The smallest absolute Gasteiger partial charge is 0.231 e. The Labute approximate surface area is 135 Å². The molecule has 1 saturated heterocycles. The van der Waals surface area contributed by atoms with E-state index in [1.54, 1.807) is 0 Å². The molecule has 1 aliphatic carbocycles. The maximum absolute atomic E-state index is 12.3. The van der Waals surface area contributed by atoms with Crippen LogP contribution in [0.3, 0.4) is 0 Å². The van der Waals surface area contributed by atoms with Crippen LogP contribution in [0.1, 0.15) is 24.8 Å². The summed E-state index contributed by atoms with van der Waals surface area (Å²) in [6, 6.07) is 5.79. The first kappa shape index (κ1) is 14.8.